The van der Waals surface area contributed by atoms with Crippen molar-refractivity contribution < 1.29 is 45.0 Å². The van der Waals surface area contributed by atoms with E-state index in [1.165, 1.54) is 25.1 Å². The van der Waals surface area contributed by atoms with E-state index in [-0.39, 0.29) is 41.0 Å². The molecule has 1 heterocycles. The van der Waals surface area contributed by atoms with Crippen LogP contribution >= 0.6 is 0 Å². The van der Waals surface area contributed by atoms with Crippen molar-refractivity contribution in [1.29, 1.82) is 0 Å². The van der Waals surface area contributed by atoms with E-state index in [2.05, 4.69) is 15.4 Å². The Kier molecular flexibility index (Phi) is 7.22. The van der Waals surface area contributed by atoms with Gasteiger partial charge in [-0.2, -0.15) is 13.2 Å². The molecule has 200 valence electrons. The van der Waals surface area contributed by atoms with Gasteiger partial charge in [-0.25, -0.2) is 17.6 Å². The van der Waals surface area contributed by atoms with Gasteiger partial charge in [-0.3, -0.25) is 14.4 Å². The van der Waals surface area contributed by atoms with Gasteiger partial charge in [0, 0.05) is 18.5 Å². The summed E-state index contributed by atoms with van der Waals surface area (Å²) >= 11 is 0. The lowest BCUT2D eigenvalue weighted by Crippen LogP contribution is -2.48. The van der Waals surface area contributed by atoms with Crippen LogP contribution in [0.3, 0.4) is 0 Å². The maximum Gasteiger partial charge on any atom is 0.425 e. The predicted molar refractivity (Wildman–Crippen MR) is 123 cm³/mol. The fraction of sp³-hybridized carbons (Fsp3) is 0.391. The molecule has 9 nitrogen and oxygen atoms in total. The van der Waals surface area contributed by atoms with Crippen LogP contribution in [0.25, 0.3) is 0 Å². The molecule has 2 N–H and O–H groups in total. The Labute approximate surface area is 209 Å². The first kappa shape index (κ1) is 26.5. The van der Waals surface area contributed by atoms with Crippen LogP contribution in [0, 0.1) is 11.7 Å². The molecule has 2 aromatic rings. The second-order valence-corrected chi connectivity index (χ2v) is 10.5. The third-order valence-electron chi connectivity index (χ3n) is 5.72. The number of fused-ring (bicyclic) bond motifs is 1. The number of hydrogen-bond acceptors (Lipinski definition) is 6. The van der Waals surface area contributed by atoms with Crippen LogP contribution in [-0.4, -0.2) is 51.9 Å². The van der Waals surface area contributed by atoms with Crippen molar-refractivity contribution in [3.63, 3.8) is 0 Å². The molecule has 1 fully saturated rings. The molecule has 0 bridgehead atoms. The highest BCUT2D eigenvalue weighted by atomic mass is 32.2. The van der Waals surface area contributed by atoms with Gasteiger partial charge in [0.05, 0.1) is 23.7 Å². The molecule has 2 amide bonds. The van der Waals surface area contributed by atoms with E-state index in [4.69, 9.17) is 4.74 Å². The number of rotatable bonds is 7. The monoisotopic (exact) mass is 545 g/mol. The SMILES string of the molecule is CC(=O)NCC1CN(S(=O)(=O)c2ccc(F)cc2)c2cc(NC(=O)OC(C3CC3)C(F)(F)F)ccc2O1. The molecule has 0 radical (unpaired) electrons. The molecule has 0 aromatic heterocycles. The van der Waals surface area contributed by atoms with E-state index in [1.807, 2.05) is 0 Å². The van der Waals surface area contributed by atoms with Crippen LogP contribution in [0.4, 0.5) is 33.7 Å². The van der Waals surface area contributed by atoms with Crippen molar-refractivity contribution >= 4 is 33.4 Å². The number of hydrogen-bond donors (Lipinski definition) is 2. The molecule has 0 saturated heterocycles. The number of nitrogens with one attached hydrogen (secondary N) is 2. The number of anilines is 2. The first-order valence-electron chi connectivity index (χ1n) is 11.2. The Morgan fingerprint density at radius 3 is 2.43 bits per heavy atom. The molecule has 2 unspecified atom stereocenters. The topological polar surface area (TPSA) is 114 Å². The lowest BCUT2D eigenvalue weighted by atomic mass is 10.2. The van der Waals surface area contributed by atoms with E-state index in [1.54, 1.807) is 0 Å². The van der Waals surface area contributed by atoms with Crippen LogP contribution in [0.2, 0.25) is 0 Å². The number of sulfonamides is 1. The molecule has 2 atom stereocenters. The number of carbonyl (C=O) groups is 2. The fourth-order valence-electron chi connectivity index (χ4n) is 3.81. The summed E-state index contributed by atoms with van der Waals surface area (Å²) in [7, 11) is -4.27. The van der Waals surface area contributed by atoms with Crippen LogP contribution in [0.1, 0.15) is 19.8 Å². The van der Waals surface area contributed by atoms with Gasteiger partial charge >= 0.3 is 12.3 Å². The maximum atomic E-state index is 13.4. The minimum Gasteiger partial charge on any atom is -0.484 e. The van der Waals surface area contributed by atoms with E-state index < -0.39 is 46.2 Å². The number of alkyl halides is 3. The molecular formula is C23H23F4N3O6S. The van der Waals surface area contributed by atoms with Crippen molar-refractivity contribution in [2.45, 2.75) is 43.0 Å². The molecule has 0 spiro atoms. The maximum absolute atomic E-state index is 13.4. The Bertz CT molecular complexity index is 1280. The van der Waals surface area contributed by atoms with Crippen molar-refractivity contribution in [3.8, 4) is 5.75 Å². The molecule has 4 rings (SSSR count). The van der Waals surface area contributed by atoms with Gasteiger partial charge in [0.2, 0.25) is 12.0 Å². The summed E-state index contributed by atoms with van der Waals surface area (Å²) in [6.45, 7) is 1.02. The minimum atomic E-state index is -4.72. The van der Waals surface area contributed by atoms with Crippen LogP contribution < -0.4 is 19.7 Å². The lowest BCUT2D eigenvalue weighted by molar-refractivity contribution is -0.208. The number of nitrogens with zero attached hydrogens (tertiary/aromatic N) is 1. The standard InChI is InChI=1S/C23H23F4N3O6S/c1-13(31)28-11-17-12-30(37(33,34)18-7-4-15(24)5-8-18)19-10-16(6-9-20(19)35-17)29-22(32)36-21(14-2-3-14)23(25,26)27/h4-10,14,17,21H,2-3,11-12H2,1H3,(H,28,31)(H,29,32). The van der Waals surface area contributed by atoms with Crippen molar-refractivity contribution in [2.75, 3.05) is 22.7 Å². The Balaban J connectivity index is 1.62. The molecule has 2 aliphatic rings. The molecule has 37 heavy (non-hydrogen) atoms. The smallest absolute Gasteiger partial charge is 0.425 e. The Morgan fingerprint density at radius 1 is 1.16 bits per heavy atom. The summed E-state index contributed by atoms with van der Waals surface area (Å²) in [6.07, 6.45) is -8.50. The summed E-state index contributed by atoms with van der Waals surface area (Å²) in [5.74, 6) is -1.71. The molecular weight excluding hydrogens is 522 g/mol. The van der Waals surface area contributed by atoms with Gasteiger partial charge in [0.1, 0.15) is 17.7 Å². The predicted octanol–water partition coefficient (Wildman–Crippen LogP) is 3.81. The largest absolute Gasteiger partial charge is 0.484 e. The summed E-state index contributed by atoms with van der Waals surface area (Å²) in [5.41, 5.74) is -0.0561. The van der Waals surface area contributed by atoms with Crippen LogP contribution in [0.15, 0.2) is 47.4 Å². The van der Waals surface area contributed by atoms with Gasteiger partial charge in [-0.15, -0.1) is 0 Å². The van der Waals surface area contributed by atoms with Gasteiger partial charge < -0.3 is 14.8 Å². The van der Waals surface area contributed by atoms with E-state index in [9.17, 15) is 35.6 Å². The second kappa shape index (κ2) is 10.1. The normalized spacial score (nSPS) is 18.3. The van der Waals surface area contributed by atoms with Gasteiger partial charge in [0.25, 0.3) is 10.0 Å². The van der Waals surface area contributed by atoms with E-state index in [0.717, 1.165) is 28.6 Å². The first-order valence-corrected chi connectivity index (χ1v) is 12.7. The first-order chi connectivity index (χ1) is 17.3. The zero-order chi connectivity index (χ0) is 27.0. The molecule has 1 aliphatic carbocycles. The van der Waals surface area contributed by atoms with Crippen molar-refractivity contribution in [2.24, 2.45) is 5.92 Å². The average Bonchev–Trinajstić information content (AvgIpc) is 3.65. The third-order valence-corrected chi connectivity index (χ3v) is 7.52. The second-order valence-electron chi connectivity index (χ2n) is 8.68. The summed E-state index contributed by atoms with van der Waals surface area (Å²) in [5, 5.41) is 4.75. The van der Waals surface area contributed by atoms with Crippen molar-refractivity contribution in [1.82, 2.24) is 5.32 Å². The minimum absolute atomic E-state index is 0.0173. The lowest BCUT2D eigenvalue weighted by Gasteiger charge is -2.35. The molecule has 1 aliphatic heterocycles. The Hall–Kier alpha value is -3.55. The Morgan fingerprint density at radius 2 is 1.84 bits per heavy atom. The summed E-state index contributed by atoms with van der Waals surface area (Å²) in [4.78, 5) is 23.3. The molecule has 1 saturated carbocycles. The highest BCUT2D eigenvalue weighted by Gasteiger charge is 2.52. The van der Waals surface area contributed by atoms with Crippen LogP contribution in [0.5, 0.6) is 5.75 Å². The van der Waals surface area contributed by atoms with Gasteiger partial charge in [-0.1, -0.05) is 0 Å². The summed E-state index contributed by atoms with van der Waals surface area (Å²) in [6, 6.07) is 7.98. The number of amides is 2. The molecule has 2 aromatic carbocycles. The zero-order valence-electron chi connectivity index (χ0n) is 19.4. The highest BCUT2D eigenvalue weighted by Crippen LogP contribution is 2.43. The van der Waals surface area contributed by atoms with Gasteiger partial charge in [0.15, 0.2) is 0 Å². The number of halogens is 4. The van der Waals surface area contributed by atoms with Crippen LogP contribution in [-0.2, 0) is 19.6 Å². The summed E-state index contributed by atoms with van der Waals surface area (Å²) < 4.78 is 91.3. The zero-order valence-corrected chi connectivity index (χ0v) is 20.2. The van der Waals surface area contributed by atoms with Crippen molar-refractivity contribution in [3.05, 3.63) is 48.3 Å². The van der Waals surface area contributed by atoms with Gasteiger partial charge in [-0.05, 0) is 55.3 Å². The number of ether oxygens (including phenoxy) is 2. The quantitative estimate of drug-likeness (QED) is 0.512. The highest BCUT2D eigenvalue weighted by molar-refractivity contribution is 7.92. The number of carbonyl (C=O) groups excluding carboxylic acids is 2. The average molecular weight is 546 g/mol. The fourth-order valence-corrected chi connectivity index (χ4v) is 5.31. The third kappa shape index (κ3) is 6.24. The van der Waals surface area contributed by atoms with E-state index >= 15 is 0 Å². The number of benzene rings is 2. The molecule has 14 heteroatoms. The van der Waals surface area contributed by atoms with E-state index in [0.29, 0.717) is 12.8 Å².